The van der Waals surface area contributed by atoms with Gasteiger partial charge in [-0.25, -0.2) is 9.18 Å². The van der Waals surface area contributed by atoms with Gasteiger partial charge in [-0.1, -0.05) is 11.6 Å². The van der Waals surface area contributed by atoms with Crippen LogP contribution < -0.4 is 10.4 Å². The third-order valence-electron chi connectivity index (χ3n) is 5.02. The van der Waals surface area contributed by atoms with E-state index in [-0.39, 0.29) is 10.9 Å². The molecule has 1 aliphatic heterocycles. The number of hydrogen-bond acceptors (Lipinski definition) is 4. The van der Waals surface area contributed by atoms with Gasteiger partial charge in [0.1, 0.15) is 17.1 Å². The van der Waals surface area contributed by atoms with Crippen molar-refractivity contribution in [1.82, 2.24) is 4.90 Å². The summed E-state index contributed by atoms with van der Waals surface area (Å²) in [4.78, 5) is 26.3. The molecule has 3 aromatic rings. The number of fused-ring (bicyclic) bond motifs is 1. The quantitative estimate of drug-likeness (QED) is 0.582. The Kier molecular flexibility index (Phi) is 5.28. The average Bonchev–Trinajstić information content (AvgIpc) is 3.21. The summed E-state index contributed by atoms with van der Waals surface area (Å²) < 4.78 is 24.5. The van der Waals surface area contributed by atoms with E-state index in [0.717, 1.165) is 25.9 Å². The lowest BCUT2D eigenvalue weighted by atomic mass is 10.0. The Bertz CT molecular complexity index is 1140. The van der Waals surface area contributed by atoms with Crippen LogP contribution in [-0.2, 0) is 4.79 Å². The molecule has 1 atom stereocenters. The molecule has 4 rings (SSSR count). The molecular formula is C22H19ClFNO4. The monoisotopic (exact) mass is 415 g/mol. The zero-order valence-corrected chi connectivity index (χ0v) is 16.5. The lowest BCUT2D eigenvalue weighted by molar-refractivity contribution is -0.136. The molecule has 29 heavy (non-hydrogen) atoms. The van der Waals surface area contributed by atoms with Crippen molar-refractivity contribution in [3.8, 4) is 16.9 Å². The van der Waals surface area contributed by atoms with Gasteiger partial charge < -0.3 is 14.1 Å². The first kappa shape index (κ1) is 19.5. The van der Waals surface area contributed by atoms with E-state index in [1.165, 1.54) is 24.3 Å². The summed E-state index contributed by atoms with van der Waals surface area (Å²) in [5.74, 6) is -0.0997. The number of hydrogen-bond donors (Lipinski definition) is 0. The summed E-state index contributed by atoms with van der Waals surface area (Å²) >= 11 is 6.17. The smallest absolute Gasteiger partial charge is 0.336 e. The second-order valence-electron chi connectivity index (χ2n) is 7.05. The number of ether oxygens (including phenoxy) is 1. The molecule has 7 heteroatoms. The molecule has 1 aliphatic rings. The Hall–Kier alpha value is -2.86. The highest BCUT2D eigenvalue weighted by atomic mass is 35.5. The first-order valence-electron chi connectivity index (χ1n) is 9.41. The molecule has 1 fully saturated rings. The molecule has 0 N–H and O–H groups in total. The van der Waals surface area contributed by atoms with Crippen LogP contribution in [0.2, 0.25) is 5.02 Å². The molecule has 0 saturated carbocycles. The minimum atomic E-state index is -0.646. The van der Waals surface area contributed by atoms with Gasteiger partial charge in [0.15, 0.2) is 6.10 Å². The Balaban J connectivity index is 1.68. The molecule has 2 heterocycles. The van der Waals surface area contributed by atoms with E-state index in [4.69, 9.17) is 20.8 Å². The predicted octanol–water partition coefficient (Wildman–Crippen LogP) is 4.64. The van der Waals surface area contributed by atoms with Crippen molar-refractivity contribution in [2.45, 2.75) is 25.9 Å². The van der Waals surface area contributed by atoms with Crippen molar-refractivity contribution in [3.05, 3.63) is 63.7 Å². The van der Waals surface area contributed by atoms with Gasteiger partial charge in [-0.15, -0.1) is 0 Å². The first-order chi connectivity index (χ1) is 13.9. The molecule has 0 bridgehead atoms. The Labute approximate surface area is 171 Å². The van der Waals surface area contributed by atoms with Crippen molar-refractivity contribution >= 4 is 28.5 Å². The van der Waals surface area contributed by atoms with Crippen LogP contribution in [0.3, 0.4) is 0 Å². The summed E-state index contributed by atoms with van der Waals surface area (Å²) in [6.45, 7) is 3.21. The molecule has 0 unspecified atom stereocenters. The van der Waals surface area contributed by atoms with Crippen molar-refractivity contribution in [3.63, 3.8) is 0 Å². The minimum Gasteiger partial charge on any atom is -0.481 e. The lowest BCUT2D eigenvalue weighted by Gasteiger charge is -2.21. The van der Waals surface area contributed by atoms with E-state index < -0.39 is 17.5 Å². The van der Waals surface area contributed by atoms with Gasteiger partial charge in [0.25, 0.3) is 5.91 Å². The van der Waals surface area contributed by atoms with Crippen LogP contribution in [0.4, 0.5) is 4.39 Å². The Morgan fingerprint density at radius 3 is 2.62 bits per heavy atom. The highest BCUT2D eigenvalue weighted by Crippen LogP contribution is 2.34. The number of nitrogens with zero attached hydrogens (tertiary/aromatic N) is 1. The molecule has 0 aliphatic carbocycles. The van der Waals surface area contributed by atoms with Crippen LogP contribution in [-0.4, -0.2) is 30.0 Å². The number of benzene rings is 2. The van der Waals surface area contributed by atoms with E-state index in [2.05, 4.69) is 0 Å². The maximum absolute atomic E-state index is 13.4. The van der Waals surface area contributed by atoms with Crippen LogP contribution >= 0.6 is 11.6 Å². The van der Waals surface area contributed by atoms with E-state index >= 15 is 0 Å². The minimum absolute atomic E-state index is 0.0594. The lowest BCUT2D eigenvalue weighted by Crippen LogP contribution is -2.38. The predicted molar refractivity (Wildman–Crippen MR) is 109 cm³/mol. The van der Waals surface area contributed by atoms with Crippen LogP contribution in [0, 0.1) is 5.82 Å². The van der Waals surface area contributed by atoms with Crippen molar-refractivity contribution in [1.29, 1.82) is 0 Å². The zero-order valence-electron chi connectivity index (χ0n) is 15.8. The summed E-state index contributed by atoms with van der Waals surface area (Å²) in [6, 6.07) is 10.3. The normalized spacial score (nSPS) is 14.9. The van der Waals surface area contributed by atoms with Crippen molar-refractivity contribution in [2.75, 3.05) is 13.1 Å². The van der Waals surface area contributed by atoms with Gasteiger partial charge in [0, 0.05) is 41.7 Å². The number of halogens is 2. The molecule has 1 amide bonds. The number of rotatable bonds is 4. The van der Waals surface area contributed by atoms with Gasteiger partial charge in [-0.3, -0.25) is 4.79 Å². The summed E-state index contributed by atoms with van der Waals surface area (Å²) in [5, 5.41) is 0.825. The largest absolute Gasteiger partial charge is 0.481 e. The third kappa shape index (κ3) is 3.98. The van der Waals surface area contributed by atoms with E-state index in [1.807, 2.05) is 0 Å². The second-order valence-corrected chi connectivity index (χ2v) is 7.46. The van der Waals surface area contributed by atoms with Gasteiger partial charge in [0.05, 0.1) is 5.02 Å². The van der Waals surface area contributed by atoms with E-state index in [0.29, 0.717) is 27.8 Å². The number of carbonyl (C=O) groups is 1. The molecule has 150 valence electrons. The Morgan fingerprint density at radius 1 is 1.14 bits per heavy atom. The fourth-order valence-electron chi connectivity index (χ4n) is 3.60. The summed E-state index contributed by atoms with van der Waals surface area (Å²) in [6.07, 6.45) is 1.37. The van der Waals surface area contributed by atoms with Gasteiger partial charge in [-0.2, -0.15) is 0 Å². The Morgan fingerprint density at radius 2 is 1.90 bits per heavy atom. The highest BCUT2D eigenvalue weighted by molar-refractivity contribution is 6.33. The molecule has 0 radical (unpaired) electrons. The van der Waals surface area contributed by atoms with Gasteiger partial charge in [0.2, 0.25) is 0 Å². The fourth-order valence-corrected chi connectivity index (χ4v) is 3.87. The molecule has 1 saturated heterocycles. The molecule has 2 aromatic carbocycles. The van der Waals surface area contributed by atoms with Crippen molar-refractivity contribution < 1.29 is 18.3 Å². The summed E-state index contributed by atoms with van der Waals surface area (Å²) in [7, 11) is 0. The first-order valence-corrected chi connectivity index (χ1v) is 9.79. The highest BCUT2D eigenvalue weighted by Gasteiger charge is 2.24. The van der Waals surface area contributed by atoms with E-state index in [9.17, 15) is 14.0 Å². The van der Waals surface area contributed by atoms with Crippen LogP contribution in [0.1, 0.15) is 19.8 Å². The van der Waals surface area contributed by atoms with Gasteiger partial charge >= 0.3 is 5.63 Å². The maximum atomic E-state index is 13.4. The third-order valence-corrected chi connectivity index (χ3v) is 5.33. The van der Waals surface area contributed by atoms with Crippen LogP contribution in [0.15, 0.2) is 51.7 Å². The topological polar surface area (TPSA) is 59.8 Å². The standard InChI is InChI=1S/C22H19ClFNO4/c1-13(22(27)25-8-2-3-9-25)28-15-5-7-17-18(12-21(26)29-20(17)11-15)16-6-4-14(24)10-19(16)23/h4-7,10-13H,2-3,8-9H2,1H3/t13-/m1/s1. The number of amides is 1. The fraction of sp³-hybridized carbons (Fsp3) is 0.273. The molecule has 5 nitrogen and oxygen atoms in total. The van der Waals surface area contributed by atoms with E-state index in [1.54, 1.807) is 30.0 Å². The zero-order chi connectivity index (χ0) is 20.5. The van der Waals surface area contributed by atoms with Crippen molar-refractivity contribution in [2.24, 2.45) is 0 Å². The number of likely N-dealkylation sites (tertiary alicyclic amines) is 1. The SMILES string of the molecule is C[C@@H](Oc1ccc2c(-c3ccc(F)cc3Cl)cc(=O)oc2c1)C(=O)N1CCCC1. The van der Waals surface area contributed by atoms with Gasteiger partial charge in [-0.05, 0) is 50.1 Å². The van der Waals surface area contributed by atoms with Crippen LogP contribution in [0.5, 0.6) is 5.75 Å². The number of carbonyl (C=O) groups excluding carboxylic acids is 1. The molecule has 0 spiro atoms. The average molecular weight is 416 g/mol. The maximum Gasteiger partial charge on any atom is 0.336 e. The molecule has 1 aromatic heterocycles. The second kappa shape index (κ2) is 7.87. The molecular weight excluding hydrogens is 397 g/mol. The summed E-state index contributed by atoms with van der Waals surface area (Å²) in [5.41, 5.74) is 0.795. The van der Waals surface area contributed by atoms with Crippen LogP contribution in [0.25, 0.3) is 22.1 Å².